The SMILES string of the molecule is CNC(N/C(=N\Cc1ccc2c(c1)c1c(S)c(-c3ccccc3)cc3c1n2-c1ccccc1C3(C1=CCCC=C1)c1ccccc1)c1ccccc1)c1ccccc1. The summed E-state index contributed by atoms with van der Waals surface area (Å²) in [5, 5.41) is 9.50. The molecule has 58 heavy (non-hydrogen) atoms. The van der Waals surface area contributed by atoms with Crippen LogP contribution in [0.25, 0.3) is 38.6 Å². The molecule has 10 rings (SSSR count). The van der Waals surface area contributed by atoms with Gasteiger partial charge in [-0.3, -0.25) is 10.3 Å². The lowest BCUT2D eigenvalue weighted by molar-refractivity contribution is 0.559. The number of hydrogen-bond donors (Lipinski definition) is 3. The van der Waals surface area contributed by atoms with E-state index in [-0.39, 0.29) is 6.17 Å². The van der Waals surface area contributed by atoms with E-state index >= 15 is 0 Å². The lowest BCUT2D eigenvalue weighted by atomic mass is 9.61. The Morgan fingerprint density at radius 3 is 2.16 bits per heavy atom. The molecule has 2 atom stereocenters. The molecule has 8 aromatic rings. The molecule has 2 N–H and O–H groups in total. The van der Waals surface area contributed by atoms with Crippen molar-refractivity contribution in [3.63, 3.8) is 0 Å². The molecule has 0 amide bonds. The molecule has 1 aromatic heterocycles. The molecule has 0 spiro atoms. The summed E-state index contributed by atoms with van der Waals surface area (Å²) in [6.45, 7) is 0.500. The molecule has 1 aliphatic carbocycles. The number of fused-ring (bicyclic) bond motifs is 5. The van der Waals surface area contributed by atoms with Crippen molar-refractivity contribution in [2.24, 2.45) is 4.99 Å². The van der Waals surface area contributed by atoms with Gasteiger partial charge in [-0.1, -0.05) is 164 Å². The number of para-hydroxylation sites is 1. The standard InChI is InChI=1S/C53H44N4S/c1-54-51(38-21-9-3-10-22-38)56-52(39-23-11-4-12-24-39)55-35-36-31-32-46-43(33-36)48-49-45(34-42(50(48)58)37-19-7-2-8-20-37)53(40-25-13-5-14-26-40,41-27-15-6-16-28-41)44-29-17-18-30-47(44)57(46)49/h2-5,7-15,17-34,51,54,58H,6,16,35H2,1H3,(H,55,56). The summed E-state index contributed by atoms with van der Waals surface area (Å²) >= 11 is 5.48. The van der Waals surface area contributed by atoms with Crippen molar-refractivity contribution in [2.75, 3.05) is 7.05 Å². The minimum atomic E-state index is -0.547. The van der Waals surface area contributed by atoms with E-state index in [0.29, 0.717) is 6.54 Å². The van der Waals surface area contributed by atoms with Gasteiger partial charge in [-0.2, -0.15) is 0 Å². The Hall–Kier alpha value is -6.40. The summed E-state index contributed by atoms with van der Waals surface area (Å²) in [4.78, 5) is 6.27. The highest BCUT2D eigenvalue weighted by Crippen LogP contribution is 2.57. The fraction of sp³-hybridized carbons (Fsp3) is 0.113. The Morgan fingerprint density at radius 1 is 0.741 bits per heavy atom. The van der Waals surface area contributed by atoms with Crippen molar-refractivity contribution < 1.29 is 0 Å². The number of benzene rings is 7. The van der Waals surface area contributed by atoms with Crippen LogP contribution in [0.15, 0.2) is 204 Å². The number of hydrogen-bond acceptors (Lipinski definition) is 3. The maximum Gasteiger partial charge on any atom is 0.130 e. The van der Waals surface area contributed by atoms with Gasteiger partial charge < -0.3 is 9.88 Å². The minimum absolute atomic E-state index is 0.108. The van der Waals surface area contributed by atoms with Gasteiger partial charge in [0.05, 0.1) is 28.7 Å². The third-order valence-corrected chi connectivity index (χ3v) is 12.4. The molecule has 2 heterocycles. The van der Waals surface area contributed by atoms with Crippen LogP contribution in [0.3, 0.4) is 0 Å². The third-order valence-electron chi connectivity index (χ3n) is 11.9. The molecule has 0 fully saturated rings. The van der Waals surface area contributed by atoms with Gasteiger partial charge in [0.15, 0.2) is 0 Å². The van der Waals surface area contributed by atoms with E-state index < -0.39 is 5.41 Å². The van der Waals surface area contributed by atoms with Gasteiger partial charge in [0.1, 0.15) is 12.0 Å². The number of amidine groups is 1. The van der Waals surface area contributed by atoms with Crippen LogP contribution in [-0.2, 0) is 12.0 Å². The first-order chi connectivity index (χ1) is 28.7. The number of aliphatic imine (C=N–C) groups is 1. The number of rotatable bonds is 9. The zero-order valence-corrected chi connectivity index (χ0v) is 33.3. The number of thiol groups is 1. The Bertz CT molecular complexity index is 2880. The van der Waals surface area contributed by atoms with E-state index in [2.05, 4.69) is 191 Å². The lowest BCUT2D eigenvalue weighted by Crippen LogP contribution is -2.37. The average molecular weight is 769 g/mol. The van der Waals surface area contributed by atoms with Crippen LogP contribution < -0.4 is 10.6 Å². The van der Waals surface area contributed by atoms with E-state index in [1.165, 1.54) is 38.9 Å². The molecule has 0 saturated carbocycles. The summed E-state index contributed by atoms with van der Waals surface area (Å²) < 4.78 is 2.50. The number of nitrogens with zero attached hydrogens (tertiary/aromatic N) is 2. The Kier molecular flexibility index (Phi) is 9.41. The highest BCUT2D eigenvalue weighted by atomic mass is 32.1. The van der Waals surface area contributed by atoms with Gasteiger partial charge in [-0.25, -0.2) is 0 Å². The van der Waals surface area contributed by atoms with E-state index in [9.17, 15) is 0 Å². The lowest BCUT2D eigenvalue weighted by Gasteiger charge is -2.43. The predicted octanol–water partition coefficient (Wildman–Crippen LogP) is 12.1. The number of aromatic nitrogens is 1. The Labute approximate surface area is 345 Å². The van der Waals surface area contributed by atoms with Crippen LogP contribution in [-0.4, -0.2) is 17.5 Å². The second kappa shape index (κ2) is 15.2. The largest absolute Gasteiger partial charge is 0.351 e. The smallest absolute Gasteiger partial charge is 0.130 e. The first kappa shape index (κ1) is 36.0. The van der Waals surface area contributed by atoms with Gasteiger partial charge in [-0.15, -0.1) is 12.6 Å². The van der Waals surface area contributed by atoms with Crippen molar-refractivity contribution in [1.82, 2.24) is 15.2 Å². The third kappa shape index (κ3) is 5.93. The first-order valence-corrected chi connectivity index (χ1v) is 20.6. The molecule has 2 aliphatic rings. The fourth-order valence-electron chi connectivity index (χ4n) is 9.31. The van der Waals surface area contributed by atoms with Crippen LogP contribution in [0.5, 0.6) is 0 Å². The van der Waals surface area contributed by atoms with Gasteiger partial charge in [0.25, 0.3) is 0 Å². The highest BCUT2D eigenvalue weighted by molar-refractivity contribution is 7.80. The second-order valence-electron chi connectivity index (χ2n) is 15.2. The van der Waals surface area contributed by atoms with E-state index in [1.807, 2.05) is 19.2 Å². The van der Waals surface area contributed by atoms with Crippen LogP contribution in [0.1, 0.15) is 52.4 Å². The first-order valence-electron chi connectivity index (χ1n) is 20.2. The summed E-state index contributed by atoms with van der Waals surface area (Å²) in [5.74, 6) is 0.836. The maximum absolute atomic E-state index is 5.48. The fourth-order valence-corrected chi connectivity index (χ4v) is 9.73. The van der Waals surface area contributed by atoms with Crippen molar-refractivity contribution in [1.29, 1.82) is 0 Å². The van der Waals surface area contributed by atoms with E-state index in [1.54, 1.807) is 0 Å². The molecule has 0 radical (unpaired) electrons. The Morgan fingerprint density at radius 2 is 1.43 bits per heavy atom. The van der Waals surface area contributed by atoms with Gasteiger partial charge >= 0.3 is 0 Å². The normalized spacial score (nSPS) is 16.6. The summed E-state index contributed by atoms with van der Waals surface area (Å²) in [6.07, 6.45) is 9.14. The van der Waals surface area contributed by atoms with Crippen LogP contribution in [0, 0.1) is 0 Å². The van der Waals surface area contributed by atoms with Gasteiger partial charge in [0, 0.05) is 21.2 Å². The minimum Gasteiger partial charge on any atom is -0.351 e. The molecular formula is C53H44N4S. The topological polar surface area (TPSA) is 41.4 Å². The summed E-state index contributed by atoms with van der Waals surface area (Å²) in [7, 11) is 1.97. The molecule has 0 bridgehead atoms. The maximum atomic E-state index is 5.48. The molecular weight excluding hydrogens is 725 g/mol. The zero-order valence-electron chi connectivity index (χ0n) is 32.4. The van der Waals surface area contributed by atoms with Crippen LogP contribution in [0.4, 0.5) is 0 Å². The van der Waals surface area contributed by atoms with Crippen LogP contribution >= 0.6 is 12.6 Å². The second-order valence-corrected chi connectivity index (χ2v) is 15.6. The molecule has 7 aromatic carbocycles. The monoisotopic (exact) mass is 768 g/mol. The van der Waals surface area contributed by atoms with Gasteiger partial charge in [-0.05, 0) is 88.7 Å². The number of nitrogens with one attached hydrogen (secondary N) is 2. The van der Waals surface area contributed by atoms with Gasteiger partial charge in [0.2, 0.25) is 0 Å². The highest BCUT2D eigenvalue weighted by Gasteiger charge is 2.46. The zero-order chi connectivity index (χ0) is 39.1. The molecule has 282 valence electrons. The quantitative estimate of drug-likeness (QED) is 0.0592. The van der Waals surface area contributed by atoms with Crippen molar-refractivity contribution in [2.45, 2.75) is 35.9 Å². The molecule has 5 heteroatoms. The van der Waals surface area contributed by atoms with Crippen molar-refractivity contribution in [3.05, 3.63) is 227 Å². The predicted molar refractivity (Wildman–Crippen MR) is 244 cm³/mol. The summed E-state index contributed by atoms with van der Waals surface area (Å²) in [6, 6.07) is 61.1. The Balaban J connectivity index is 1.23. The van der Waals surface area contributed by atoms with E-state index in [4.69, 9.17) is 17.6 Å². The number of allylic oxidation sites excluding steroid dienone is 4. The molecule has 0 saturated heterocycles. The summed E-state index contributed by atoms with van der Waals surface area (Å²) in [5.41, 5.74) is 13.7. The average Bonchev–Trinajstić information content (AvgIpc) is 3.64. The molecule has 2 unspecified atom stereocenters. The van der Waals surface area contributed by atoms with Crippen LogP contribution in [0.2, 0.25) is 0 Å². The molecule has 4 nitrogen and oxygen atoms in total. The van der Waals surface area contributed by atoms with E-state index in [0.717, 1.165) is 62.3 Å². The van der Waals surface area contributed by atoms with Crippen molar-refractivity contribution >= 4 is 40.3 Å². The molecule has 1 aliphatic heterocycles. The van der Waals surface area contributed by atoms with Crippen molar-refractivity contribution in [3.8, 4) is 16.8 Å².